The van der Waals surface area contributed by atoms with Gasteiger partial charge in [-0.3, -0.25) is 9.78 Å². The zero-order valence-electron chi connectivity index (χ0n) is 11.3. The third-order valence-corrected chi connectivity index (χ3v) is 3.52. The smallest absolute Gasteiger partial charge is 0.189 e. The van der Waals surface area contributed by atoms with Crippen LogP contribution in [0.3, 0.4) is 0 Å². The lowest BCUT2D eigenvalue weighted by atomic mass is 9.86. The number of rotatable bonds is 2. The minimum atomic E-state index is 0.0968. The number of aromatic nitrogens is 1. The van der Waals surface area contributed by atoms with Crippen molar-refractivity contribution in [1.29, 1.82) is 0 Å². The molecule has 0 aliphatic heterocycles. The molecule has 0 bridgehead atoms. The van der Waals surface area contributed by atoms with Crippen LogP contribution < -0.4 is 4.74 Å². The maximum atomic E-state index is 12.5. The van der Waals surface area contributed by atoms with Gasteiger partial charge in [0.1, 0.15) is 5.75 Å². The molecule has 1 aromatic heterocycles. The third kappa shape index (κ3) is 2.35. The fourth-order valence-electron chi connectivity index (χ4n) is 2.46. The molecule has 100 valence electrons. The number of hydrogen-bond acceptors (Lipinski definition) is 3. The molecule has 0 radical (unpaired) electrons. The molecule has 1 aliphatic rings. The highest BCUT2D eigenvalue weighted by atomic mass is 16.5. The number of carbonyl (C=O) groups is 1. The van der Waals surface area contributed by atoms with Crippen molar-refractivity contribution in [3.05, 3.63) is 65.0 Å². The molecule has 3 nitrogen and oxygen atoms in total. The van der Waals surface area contributed by atoms with Gasteiger partial charge in [0.05, 0.1) is 12.8 Å². The van der Waals surface area contributed by atoms with Gasteiger partial charge in [-0.2, -0.15) is 0 Å². The van der Waals surface area contributed by atoms with Crippen LogP contribution in [-0.2, 0) is 6.42 Å². The summed E-state index contributed by atoms with van der Waals surface area (Å²) in [5, 5.41) is 0. The fraction of sp³-hybridized carbons (Fsp3) is 0.176. The molecule has 1 aromatic carbocycles. The molecule has 3 rings (SSSR count). The van der Waals surface area contributed by atoms with Crippen LogP contribution in [0.5, 0.6) is 5.75 Å². The van der Waals surface area contributed by atoms with Gasteiger partial charge in [-0.1, -0.05) is 6.07 Å². The van der Waals surface area contributed by atoms with Crippen molar-refractivity contribution in [1.82, 2.24) is 4.98 Å². The zero-order chi connectivity index (χ0) is 13.9. The minimum Gasteiger partial charge on any atom is -0.497 e. The van der Waals surface area contributed by atoms with Crippen molar-refractivity contribution < 1.29 is 9.53 Å². The van der Waals surface area contributed by atoms with Gasteiger partial charge in [-0.25, -0.2) is 0 Å². The van der Waals surface area contributed by atoms with E-state index in [1.165, 1.54) is 0 Å². The van der Waals surface area contributed by atoms with E-state index in [-0.39, 0.29) is 5.78 Å². The number of hydrogen-bond donors (Lipinski definition) is 0. The molecule has 0 atom stereocenters. The van der Waals surface area contributed by atoms with Crippen molar-refractivity contribution in [2.45, 2.75) is 12.8 Å². The number of carbonyl (C=O) groups excluding carboxylic acids is 1. The van der Waals surface area contributed by atoms with Crippen molar-refractivity contribution in [2.75, 3.05) is 7.11 Å². The molecular formula is C17H15NO2. The summed E-state index contributed by atoms with van der Waals surface area (Å²) in [6.45, 7) is 0. The first-order valence-electron chi connectivity index (χ1n) is 6.61. The van der Waals surface area contributed by atoms with Gasteiger partial charge < -0.3 is 4.74 Å². The van der Waals surface area contributed by atoms with Gasteiger partial charge >= 0.3 is 0 Å². The first-order valence-corrected chi connectivity index (χ1v) is 6.61. The van der Waals surface area contributed by atoms with E-state index in [1.54, 1.807) is 13.3 Å². The van der Waals surface area contributed by atoms with E-state index in [0.717, 1.165) is 41.0 Å². The van der Waals surface area contributed by atoms with E-state index in [1.807, 2.05) is 42.5 Å². The maximum Gasteiger partial charge on any atom is 0.189 e. The van der Waals surface area contributed by atoms with Crippen LogP contribution in [0.4, 0.5) is 0 Å². The number of benzene rings is 1. The molecule has 0 unspecified atom stereocenters. The average molecular weight is 265 g/mol. The van der Waals surface area contributed by atoms with Gasteiger partial charge in [-0.05, 0) is 54.8 Å². The second-order valence-electron chi connectivity index (χ2n) is 4.78. The van der Waals surface area contributed by atoms with Gasteiger partial charge in [0, 0.05) is 17.3 Å². The predicted octanol–water partition coefficient (Wildman–Crippen LogP) is 3.30. The standard InChI is InChI=1S/C17H15NO2/c1-20-15-7-8-16-12(11-15)5-6-13(17(16)19)10-14-4-2-3-9-18-14/h2-4,7-11H,5-6H2,1H3/b13-10+. The Morgan fingerprint density at radius 3 is 2.85 bits per heavy atom. The second-order valence-corrected chi connectivity index (χ2v) is 4.78. The summed E-state index contributed by atoms with van der Waals surface area (Å²) in [4.78, 5) is 16.7. The number of ether oxygens (including phenoxy) is 1. The Labute approximate surface area is 117 Å². The lowest BCUT2D eigenvalue weighted by Gasteiger charge is -2.18. The van der Waals surface area contributed by atoms with Crippen molar-refractivity contribution >= 4 is 11.9 Å². The van der Waals surface area contributed by atoms with Crippen LogP contribution >= 0.6 is 0 Å². The summed E-state index contributed by atoms with van der Waals surface area (Å²) >= 11 is 0. The minimum absolute atomic E-state index is 0.0968. The summed E-state index contributed by atoms with van der Waals surface area (Å²) in [5.74, 6) is 0.897. The van der Waals surface area contributed by atoms with E-state index in [9.17, 15) is 4.79 Å². The van der Waals surface area contributed by atoms with Crippen molar-refractivity contribution in [3.63, 3.8) is 0 Å². The zero-order valence-corrected chi connectivity index (χ0v) is 11.3. The van der Waals surface area contributed by atoms with Gasteiger partial charge in [0.15, 0.2) is 5.78 Å². The molecule has 2 aromatic rings. The monoisotopic (exact) mass is 265 g/mol. The molecule has 1 aliphatic carbocycles. The molecule has 0 spiro atoms. The van der Waals surface area contributed by atoms with E-state index in [2.05, 4.69) is 4.98 Å². The van der Waals surface area contributed by atoms with Crippen molar-refractivity contribution in [3.8, 4) is 5.75 Å². The topological polar surface area (TPSA) is 39.2 Å². The van der Waals surface area contributed by atoms with E-state index in [0.29, 0.717) is 0 Å². The molecule has 0 saturated carbocycles. The summed E-state index contributed by atoms with van der Waals surface area (Å²) in [5.41, 5.74) is 3.49. The quantitative estimate of drug-likeness (QED) is 0.782. The molecule has 0 amide bonds. The molecule has 0 N–H and O–H groups in total. The second kappa shape index (κ2) is 5.29. The van der Waals surface area contributed by atoms with Crippen LogP contribution in [0.2, 0.25) is 0 Å². The Morgan fingerprint density at radius 2 is 2.10 bits per heavy atom. The largest absolute Gasteiger partial charge is 0.497 e. The summed E-state index contributed by atoms with van der Waals surface area (Å²) in [6, 6.07) is 11.3. The van der Waals surface area contributed by atoms with Gasteiger partial charge in [-0.15, -0.1) is 0 Å². The predicted molar refractivity (Wildman–Crippen MR) is 77.9 cm³/mol. The van der Waals surface area contributed by atoms with Gasteiger partial charge in [0.25, 0.3) is 0 Å². The number of nitrogens with zero attached hydrogens (tertiary/aromatic N) is 1. The number of ketones is 1. The van der Waals surface area contributed by atoms with Crippen LogP contribution in [-0.4, -0.2) is 17.9 Å². The maximum absolute atomic E-state index is 12.5. The molecule has 20 heavy (non-hydrogen) atoms. The Kier molecular flexibility index (Phi) is 3.33. The lowest BCUT2D eigenvalue weighted by Crippen LogP contribution is -2.14. The van der Waals surface area contributed by atoms with Crippen LogP contribution in [0.1, 0.15) is 28.0 Å². The highest BCUT2D eigenvalue weighted by Crippen LogP contribution is 2.29. The van der Waals surface area contributed by atoms with Crippen LogP contribution in [0, 0.1) is 0 Å². The molecular weight excluding hydrogens is 250 g/mol. The van der Waals surface area contributed by atoms with E-state index < -0.39 is 0 Å². The number of Topliss-reactive ketones (excluding diaryl/α,β-unsaturated/α-hetero) is 1. The summed E-state index contributed by atoms with van der Waals surface area (Å²) < 4.78 is 5.20. The third-order valence-electron chi connectivity index (χ3n) is 3.52. The summed E-state index contributed by atoms with van der Waals surface area (Å²) in [7, 11) is 1.64. The number of pyridine rings is 1. The SMILES string of the molecule is COc1ccc2c(c1)CC/C(=C\c1ccccn1)C2=O. The first-order chi connectivity index (χ1) is 9.78. The van der Waals surface area contributed by atoms with E-state index >= 15 is 0 Å². The molecule has 0 saturated heterocycles. The summed E-state index contributed by atoms with van der Waals surface area (Å²) in [6.07, 6.45) is 5.22. The number of aryl methyl sites for hydroxylation is 1. The lowest BCUT2D eigenvalue weighted by molar-refractivity contribution is 0.102. The first kappa shape index (κ1) is 12.6. The highest BCUT2D eigenvalue weighted by Gasteiger charge is 2.22. The van der Waals surface area contributed by atoms with Gasteiger partial charge in [0.2, 0.25) is 0 Å². The van der Waals surface area contributed by atoms with E-state index in [4.69, 9.17) is 4.74 Å². The average Bonchev–Trinajstić information content (AvgIpc) is 2.51. The Morgan fingerprint density at radius 1 is 1.20 bits per heavy atom. The molecule has 0 fully saturated rings. The Hall–Kier alpha value is -2.42. The van der Waals surface area contributed by atoms with Crippen LogP contribution in [0.25, 0.3) is 6.08 Å². The number of fused-ring (bicyclic) bond motifs is 1. The molecule has 1 heterocycles. The number of methoxy groups -OCH3 is 1. The Balaban J connectivity index is 1.95. The van der Waals surface area contributed by atoms with Crippen LogP contribution in [0.15, 0.2) is 48.2 Å². The highest BCUT2D eigenvalue weighted by molar-refractivity contribution is 6.13. The molecule has 3 heteroatoms. The Bertz CT molecular complexity index is 675. The fourth-order valence-corrected chi connectivity index (χ4v) is 2.46. The van der Waals surface area contributed by atoms with Crippen molar-refractivity contribution in [2.24, 2.45) is 0 Å². The normalized spacial score (nSPS) is 16.1. The number of allylic oxidation sites excluding steroid dienone is 1.